The highest BCUT2D eigenvalue weighted by Crippen LogP contribution is 2.35. The zero-order valence-corrected chi connectivity index (χ0v) is 20.4. The van der Waals surface area contributed by atoms with Crippen LogP contribution < -0.4 is 15.5 Å². The Bertz CT molecular complexity index is 982. The molecule has 7 nitrogen and oxygen atoms in total. The first-order valence-corrected chi connectivity index (χ1v) is 13.4. The van der Waals surface area contributed by atoms with Crippen LogP contribution in [0.25, 0.3) is 0 Å². The first kappa shape index (κ1) is 22.8. The highest BCUT2D eigenvalue weighted by molar-refractivity contribution is 7.99. The normalized spacial score (nSPS) is 18.0. The molecule has 170 valence electrons. The Balaban J connectivity index is 1.66. The minimum Gasteiger partial charge on any atom is -0.461 e. The van der Waals surface area contributed by atoms with E-state index in [0.29, 0.717) is 5.82 Å². The van der Waals surface area contributed by atoms with Crippen LogP contribution >= 0.6 is 23.5 Å². The lowest BCUT2D eigenvalue weighted by molar-refractivity contribution is 0.266. The lowest BCUT2D eigenvalue weighted by atomic mass is 10.1. The summed E-state index contributed by atoms with van der Waals surface area (Å²) in [4.78, 5) is 14.6. The third-order valence-corrected chi connectivity index (χ3v) is 6.80. The van der Waals surface area contributed by atoms with Gasteiger partial charge < -0.3 is 10.1 Å². The van der Waals surface area contributed by atoms with Crippen molar-refractivity contribution < 1.29 is 4.74 Å². The largest absolute Gasteiger partial charge is 0.461 e. The molecule has 32 heavy (non-hydrogen) atoms. The Morgan fingerprint density at radius 2 is 1.94 bits per heavy atom. The second-order valence-electron chi connectivity index (χ2n) is 7.59. The number of hydrazine groups is 1. The predicted octanol–water partition coefficient (Wildman–Crippen LogP) is 5.48. The summed E-state index contributed by atoms with van der Waals surface area (Å²) in [5.41, 5.74) is 4.35. The van der Waals surface area contributed by atoms with E-state index >= 15 is 0 Å². The number of rotatable bonds is 10. The van der Waals surface area contributed by atoms with Gasteiger partial charge >= 0.3 is 0 Å². The number of fused-ring (bicyclic) bond motifs is 3. The summed E-state index contributed by atoms with van der Waals surface area (Å²) in [5.74, 6) is 4.17. The Labute approximate surface area is 198 Å². The van der Waals surface area contributed by atoms with Gasteiger partial charge in [-0.2, -0.15) is 0 Å². The average Bonchev–Trinajstić information content (AvgIpc) is 3.26. The van der Waals surface area contributed by atoms with Crippen molar-refractivity contribution >= 4 is 35.2 Å². The second kappa shape index (κ2) is 11.0. The van der Waals surface area contributed by atoms with Gasteiger partial charge in [0.15, 0.2) is 16.8 Å². The molecule has 0 bridgehead atoms. The van der Waals surface area contributed by atoms with E-state index in [9.17, 15) is 0 Å². The summed E-state index contributed by atoms with van der Waals surface area (Å²) in [6.07, 6.45) is 9.31. The van der Waals surface area contributed by atoms with E-state index in [1.807, 2.05) is 30.3 Å². The fourth-order valence-corrected chi connectivity index (χ4v) is 5.07. The van der Waals surface area contributed by atoms with Gasteiger partial charge in [-0.25, -0.2) is 20.0 Å². The van der Waals surface area contributed by atoms with Crippen LogP contribution in [-0.4, -0.2) is 39.0 Å². The van der Waals surface area contributed by atoms with E-state index in [-0.39, 0.29) is 6.17 Å². The molecule has 9 heteroatoms. The molecule has 1 aromatic heterocycles. The van der Waals surface area contributed by atoms with Gasteiger partial charge in [-0.3, -0.25) is 5.43 Å². The number of amidine groups is 1. The number of hydrogen-bond donors (Lipinski definition) is 2. The van der Waals surface area contributed by atoms with Crippen LogP contribution in [0.1, 0.15) is 51.5 Å². The fraction of sp³-hybridized carbons (Fsp3) is 0.435. The average molecular weight is 471 g/mol. The van der Waals surface area contributed by atoms with Gasteiger partial charge in [0.2, 0.25) is 0 Å². The van der Waals surface area contributed by atoms with E-state index in [4.69, 9.17) is 19.7 Å². The smallest absolute Gasteiger partial charge is 0.190 e. The molecule has 0 fully saturated rings. The van der Waals surface area contributed by atoms with Crippen molar-refractivity contribution in [1.82, 2.24) is 20.4 Å². The van der Waals surface area contributed by atoms with Crippen molar-refractivity contribution in [2.45, 2.75) is 62.3 Å². The highest BCUT2D eigenvalue weighted by atomic mass is 32.2. The number of nitrogens with one attached hydrogen (secondary N) is 2. The van der Waals surface area contributed by atoms with Crippen LogP contribution in [-0.2, 0) is 0 Å². The minimum atomic E-state index is 0.0573. The SMILES string of the molecule is CCCCSc1nc2c(c(SC)n1)C1=NC(=COc3ccccc3)NN1C(CCCC)N2. The summed E-state index contributed by atoms with van der Waals surface area (Å²) in [5, 5.41) is 7.49. The maximum Gasteiger partial charge on any atom is 0.190 e. The molecule has 0 saturated heterocycles. The molecule has 1 aromatic carbocycles. The zero-order valence-electron chi connectivity index (χ0n) is 18.8. The van der Waals surface area contributed by atoms with Gasteiger partial charge in [0.1, 0.15) is 29.0 Å². The number of benzene rings is 1. The molecule has 0 aliphatic carbocycles. The van der Waals surface area contributed by atoms with Crippen LogP contribution in [0.4, 0.5) is 5.82 Å². The number of para-hydroxylation sites is 1. The van der Waals surface area contributed by atoms with Crippen molar-refractivity contribution in [3.63, 3.8) is 0 Å². The van der Waals surface area contributed by atoms with Gasteiger partial charge in [-0.15, -0.1) is 11.8 Å². The van der Waals surface area contributed by atoms with Gasteiger partial charge in [-0.1, -0.05) is 56.7 Å². The van der Waals surface area contributed by atoms with Gasteiger partial charge in [0.25, 0.3) is 0 Å². The van der Waals surface area contributed by atoms with Crippen molar-refractivity contribution in [2.24, 2.45) is 4.99 Å². The highest BCUT2D eigenvalue weighted by Gasteiger charge is 2.38. The second-order valence-corrected chi connectivity index (χ2v) is 9.45. The third-order valence-electron chi connectivity index (χ3n) is 5.19. The van der Waals surface area contributed by atoms with Crippen molar-refractivity contribution in [1.29, 1.82) is 0 Å². The Kier molecular flexibility index (Phi) is 7.81. The van der Waals surface area contributed by atoms with E-state index < -0.39 is 0 Å². The number of hydrogen-bond acceptors (Lipinski definition) is 9. The number of anilines is 1. The van der Waals surface area contributed by atoms with Crippen molar-refractivity contribution in [2.75, 3.05) is 17.3 Å². The molecule has 1 unspecified atom stereocenters. The minimum absolute atomic E-state index is 0.0573. The molecule has 0 amide bonds. The first-order chi connectivity index (χ1) is 15.7. The van der Waals surface area contributed by atoms with Crippen LogP contribution in [0.2, 0.25) is 0 Å². The molecule has 0 saturated carbocycles. The molecule has 2 aliphatic heterocycles. The monoisotopic (exact) mass is 470 g/mol. The molecule has 2 aromatic rings. The summed E-state index contributed by atoms with van der Waals surface area (Å²) in [6, 6.07) is 9.71. The third kappa shape index (κ3) is 5.15. The molecule has 0 spiro atoms. The van der Waals surface area contributed by atoms with E-state index in [1.54, 1.807) is 29.8 Å². The lowest BCUT2D eigenvalue weighted by Gasteiger charge is -2.36. The van der Waals surface area contributed by atoms with Crippen LogP contribution in [0, 0.1) is 0 Å². The number of aliphatic imine (C=N–C) groups is 1. The van der Waals surface area contributed by atoms with Gasteiger partial charge in [-0.05, 0) is 37.7 Å². The van der Waals surface area contributed by atoms with Crippen molar-refractivity contribution in [3.8, 4) is 5.75 Å². The molecular formula is C23H30N6OS2. The lowest BCUT2D eigenvalue weighted by Crippen LogP contribution is -2.52. The quantitative estimate of drug-likeness (QED) is 0.155. The van der Waals surface area contributed by atoms with Crippen LogP contribution in [0.3, 0.4) is 0 Å². The van der Waals surface area contributed by atoms with Gasteiger partial charge in [0.05, 0.1) is 5.56 Å². The molecular weight excluding hydrogens is 440 g/mol. The first-order valence-electron chi connectivity index (χ1n) is 11.2. The number of thioether (sulfide) groups is 2. The molecule has 3 heterocycles. The Hall–Kier alpha value is -2.39. The number of ether oxygens (including phenoxy) is 1. The zero-order chi connectivity index (χ0) is 22.3. The Morgan fingerprint density at radius 1 is 1.12 bits per heavy atom. The van der Waals surface area contributed by atoms with Gasteiger partial charge in [0, 0.05) is 5.75 Å². The topological polar surface area (TPSA) is 74.7 Å². The van der Waals surface area contributed by atoms with Crippen LogP contribution in [0.5, 0.6) is 5.75 Å². The van der Waals surface area contributed by atoms with E-state index in [0.717, 1.165) is 64.6 Å². The molecule has 4 rings (SSSR count). The Morgan fingerprint density at radius 3 is 2.69 bits per heavy atom. The summed E-state index contributed by atoms with van der Waals surface area (Å²) in [7, 11) is 0. The molecule has 1 atom stereocenters. The molecule has 2 aliphatic rings. The predicted molar refractivity (Wildman–Crippen MR) is 133 cm³/mol. The number of unbranched alkanes of at least 4 members (excludes halogenated alkanes) is 2. The van der Waals surface area contributed by atoms with E-state index in [2.05, 4.69) is 35.9 Å². The van der Waals surface area contributed by atoms with Crippen LogP contribution in [0.15, 0.2) is 57.6 Å². The number of aromatic nitrogens is 2. The molecule has 2 N–H and O–H groups in total. The summed E-state index contributed by atoms with van der Waals surface area (Å²) >= 11 is 3.35. The summed E-state index contributed by atoms with van der Waals surface area (Å²) in [6.45, 7) is 4.41. The maximum atomic E-state index is 5.81. The molecule has 0 radical (unpaired) electrons. The fourth-order valence-electron chi connectivity index (χ4n) is 3.51. The van der Waals surface area contributed by atoms with Crippen molar-refractivity contribution in [3.05, 3.63) is 48.0 Å². The standard InChI is InChI=1S/C23H30N6OS2/c1-4-6-13-18-25-20-19(22(31-3)27-23(26-20)32-14-7-5-2)21-24-17(28-29(18)21)15-30-16-11-9-8-10-12-16/h8-12,15,18,28H,4-7,13-14H2,1-3H3,(H,25,26,27). The van der Waals surface area contributed by atoms with E-state index in [1.165, 1.54) is 6.42 Å². The maximum absolute atomic E-state index is 5.81. The number of nitrogens with zero attached hydrogens (tertiary/aromatic N) is 4. The summed E-state index contributed by atoms with van der Waals surface area (Å²) < 4.78 is 5.81.